The lowest BCUT2D eigenvalue weighted by Crippen LogP contribution is -2.16. The Morgan fingerprint density at radius 3 is 2.58 bits per heavy atom. The van der Waals surface area contributed by atoms with Gasteiger partial charge in [0, 0.05) is 13.2 Å². The Balaban J connectivity index is 2.08. The standard InChI is InChI=1S/C19H24BrNO3/c1-2-23-18-12-16(13-21-9-6-10-22)11-17(20)19(18)24-14-15-7-4-3-5-8-15/h3-5,7-8,11-12,21-22H,2,6,9-10,13-14H2,1H3. The lowest BCUT2D eigenvalue weighted by molar-refractivity contribution is 0.267. The van der Waals surface area contributed by atoms with Crippen molar-refractivity contribution in [1.29, 1.82) is 0 Å². The summed E-state index contributed by atoms with van der Waals surface area (Å²) in [7, 11) is 0. The predicted molar refractivity (Wildman–Crippen MR) is 99.5 cm³/mol. The average molecular weight is 394 g/mol. The summed E-state index contributed by atoms with van der Waals surface area (Å²) in [5.74, 6) is 1.46. The van der Waals surface area contributed by atoms with E-state index in [4.69, 9.17) is 14.6 Å². The van der Waals surface area contributed by atoms with E-state index in [0.717, 1.165) is 46.6 Å². The van der Waals surface area contributed by atoms with Gasteiger partial charge in [-0.3, -0.25) is 0 Å². The third-order valence-electron chi connectivity index (χ3n) is 3.44. The van der Waals surface area contributed by atoms with Crippen LogP contribution in [0, 0.1) is 0 Å². The summed E-state index contributed by atoms with van der Waals surface area (Å²) >= 11 is 3.59. The van der Waals surface area contributed by atoms with E-state index in [1.807, 2.05) is 49.4 Å². The Kier molecular flexibility index (Phi) is 8.08. The highest BCUT2D eigenvalue weighted by atomic mass is 79.9. The molecule has 0 aliphatic carbocycles. The van der Waals surface area contributed by atoms with Gasteiger partial charge in [-0.1, -0.05) is 30.3 Å². The van der Waals surface area contributed by atoms with E-state index in [1.165, 1.54) is 0 Å². The quantitative estimate of drug-likeness (QED) is 0.601. The van der Waals surface area contributed by atoms with Gasteiger partial charge in [0.25, 0.3) is 0 Å². The van der Waals surface area contributed by atoms with Gasteiger partial charge in [0.1, 0.15) is 6.61 Å². The Morgan fingerprint density at radius 1 is 1.08 bits per heavy atom. The van der Waals surface area contributed by atoms with Crippen LogP contribution in [0.4, 0.5) is 0 Å². The molecule has 4 nitrogen and oxygen atoms in total. The zero-order valence-corrected chi connectivity index (χ0v) is 15.5. The lowest BCUT2D eigenvalue weighted by atomic mass is 10.2. The van der Waals surface area contributed by atoms with Crippen LogP contribution in [0.3, 0.4) is 0 Å². The first kappa shape index (κ1) is 18.8. The fourth-order valence-corrected chi connectivity index (χ4v) is 2.90. The van der Waals surface area contributed by atoms with Gasteiger partial charge < -0.3 is 19.9 Å². The second-order valence-corrected chi connectivity index (χ2v) is 6.22. The van der Waals surface area contributed by atoms with Crippen LogP contribution in [0.2, 0.25) is 0 Å². The molecule has 0 unspecified atom stereocenters. The molecular formula is C19H24BrNO3. The molecular weight excluding hydrogens is 370 g/mol. The molecule has 2 rings (SSSR count). The Morgan fingerprint density at radius 2 is 1.88 bits per heavy atom. The maximum Gasteiger partial charge on any atom is 0.175 e. The average Bonchev–Trinajstić information content (AvgIpc) is 2.59. The van der Waals surface area contributed by atoms with E-state index in [0.29, 0.717) is 13.2 Å². The van der Waals surface area contributed by atoms with E-state index in [9.17, 15) is 0 Å². The van der Waals surface area contributed by atoms with Crippen LogP contribution in [0.5, 0.6) is 11.5 Å². The zero-order chi connectivity index (χ0) is 17.2. The van der Waals surface area contributed by atoms with Crippen molar-refractivity contribution >= 4 is 15.9 Å². The number of hydrogen-bond acceptors (Lipinski definition) is 4. The van der Waals surface area contributed by atoms with Gasteiger partial charge in [0.05, 0.1) is 11.1 Å². The second kappa shape index (κ2) is 10.3. The smallest absolute Gasteiger partial charge is 0.175 e. The van der Waals surface area contributed by atoms with Crippen molar-refractivity contribution in [3.8, 4) is 11.5 Å². The molecule has 0 aliphatic heterocycles. The topological polar surface area (TPSA) is 50.7 Å². The summed E-state index contributed by atoms with van der Waals surface area (Å²) in [5, 5.41) is 12.1. The summed E-state index contributed by atoms with van der Waals surface area (Å²) in [6.45, 7) is 4.74. The maximum absolute atomic E-state index is 8.83. The van der Waals surface area contributed by atoms with Gasteiger partial charge in [-0.05, 0) is 59.1 Å². The van der Waals surface area contributed by atoms with Crippen LogP contribution in [0.15, 0.2) is 46.9 Å². The monoisotopic (exact) mass is 393 g/mol. The van der Waals surface area contributed by atoms with E-state index >= 15 is 0 Å². The second-order valence-electron chi connectivity index (χ2n) is 5.37. The number of benzene rings is 2. The largest absolute Gasteiger partial charge is 0.490 e. The summed E-state index contributed by atoms with van der Waals surface area (Å²) in [5.41, 5.74) is 2.22. The fourth-order valence-electron chi connectivity index (χ4n) is 2.29. The summed E-state index contributed by atoms with van der Waals surface area (Å²) in [4.78, 5) is 0. The SMILES string of the molecule is CCOc1cc(CNCCCO)cc(Br)c1OCc1ccccc1. The number of aliphatic hydroxyl groups excluding tert-OH is 1. The van der Waals surface area contributed by atoms with Crippen LogP contribution in [-0.4, -0.2) is 24.9 Å². The van der Waals surface area contributed by atoms with E-state index in [-0.39, 0.29) is 6.61 Å². The molecule has 2 N–H and O–H groups in total. The highest BCUT2D eigenvalue weighted by Crippen LogP contribution is 2.37. The molecule has 0 spiro atoms. The summed E-state index contributed by atoms with van der Waals surface area (Å²) in [6.07, 6.45) is 0.748. The van der Waals surface area contributed by atoms with Crippen molar-refractivity contribution in [3.63, 3.8) is 0 Å². The van der Waals surface area contributed by atoms with Crippen molar-refractivity contribution in [2.24, 2.45) is 0 Å². The van der Waals surface area contributed by atoms with Gasteiger partial charge >= 0.3 is 0 Å². The molecule has 0 bridgehead atoms. The number of hydrogen-bond donors (Lipinski definition) is 2. The van der Waals surface area contributed by atoms with E-state index < -0.39 is 0 Å². The first-order valence-corrected chi connectivity index (χ1v) is 8.97. The Bertz CT molecular complexity index is 620. The molecule has 0 aliphatic rings. The van der Waals surface area contributed by atoms with Crippen LogP contribution < -0.4 is 14.8 Å². The molecule has 130 valence electrons. The molecule has 0 saturated carbocycles. The highest BCUT2D eigenvalue weighted by molar-refractivity contribution is 9.10. The third-order valence-corrected chi connectivity index (χ3v) is 4.02. The van der Waals surface area contributed by atoms with E-state index in [2.05, 4.69) is 21.2 Å². The van der Waals surface area contributed by atoms with Crippen LogP contribution in [0.25, 0.3) is 0 Å². The van der Waals surface area contributed by atoms with Gasteiger partial charge in [0.2, 0.25) is 0 Å². The third kappa shape index (κ3) is 5.82. The minimum Gasteiger partial charge on any atom is -0.490 e. The number of rotatable bonds is 10. The summed E-state index contributed by atoms with van der Waals surface area (Å²) in [6, 6.07) is 14.1. The van der Waals surface area contributed by atoms with Crippen LogP contribution in [-0.2, 0) is 13.2 Å². The molecule has 0 saturated heterocycles. The minimum atomic E-state index is 0.202. The molecule has 0 atom stereocenters. The summed E-state index contributed by atoms with van der Waals surface area (Å²) < 4.78 is 12.6. The molecule has 5 heteroatoms. The molecule has 0 amide bonds. The number of aliphatic hydroxyl groups is 1. The number of ether oxygens (including phenoxy) is 2. The number of halogens is 1. The van der Waals surface area contributed by atoms with Crippen molar-refractivity contribution in [3.05, 3.63) is 58.1 Å². The molecule has 0 heterocycles. The lowest BCUT2D eigenvalue weighted by Gasteiger charge is -2.16. The van der Waals surface area contributed by atoms with Crippen molar-refractivity contribution < 1.29 is 14.6 Å². The Hall–Kier alpha value is -1.56. The number of nitrogens with one attached hydrogen (secondary N) is 1. The Labute approximate surface area is 151 Å². The molecule has 0 fully saturated rings. The molecule has 2 aromatic rings. The molecule has 0 radical (unpaired) electrons. The van der Waals surface area contributed by atoms with Crippen LogP contribution >= 0.6 is 15.9 Å². The molecule has 2 aromatic carbocycles. The molecule has 24 heavy (non-hydrogen) atoms. The normalized spacial score (nSPS) is 10.6. The van der Waals surface area contributed by atoms with Gasteiger partial charge in [-0.25, -0.2) is 0 Å². The van der Waals surface area contributed by atoms with Gasteiger partial charge in [-0.15, -0.1) is 0 Å². The van der Waals surface area contributed by atoms with Crippen molar-refractivity contribution in [2.75, 3.05) is 19.8 Å². The first-order chi connectivity index (χ1) is 11.7. The first-order valence-electron chi connectivity index (χ1n) is 8.18. The zero-order valence-electron chi connectivity index (χ0n) is 13.9. The fraction of sp³-hybridized carbons (Fsp3) is 0.368. The molecule has 0 aromatic heterocycles. The van der Waals surface area contributed by atoms with Crippen molar-refractivity contribution in [2.45, 2.75) is 26.5 Å². The van der Waals surface area contributed by atoms with E-state index in [1.54, 1.807) is 0 Å². The van der Waals surface area contributed by atoms with Gasteiger partial charge in [-0.2, -0.15) is 0 Å². The van der Waals surface area contributed by atoms with Gasteiger partial charge in [0.15, 0.2) is 11.5 Å². The van der Waals surface area contributed by atoms with Crippen LogP contribution in [0.1, 0.15) is 24.5 Å². The minimum absolute atomic E-state index is 0.202. The highest BCUT2D eigenvalue weighted by Gasteiger charge is 2.12. The van der Waals surface area contributed by atoms with Crippen molar-refractivity contribution in [1.82, 2.24) is 5.32 Å². The maximum atomic E-state index is 8.83. The predicted octanol–water partition coefficient (Wildman–Crippen LogP) is 3.90.